The van der Waals surface area contributed by atoms with Crippen LogP contribution in [0.3, 0.4) is 0 Å². The second kappa shape index (κ2) is 3.70. The van der Waals surface area contributed by atoms with Crippen LogP contribution in [0.2, 0.25) is 5.02 Å². The molecule has 0 N–H and O–H groups in total. The molecule has 0 saturated heterocycles. The van der Waals surface area contributed by atoms with E-state index in [2.05, 4.69) is 17.1 Å². The van der Waals surface area contributed by atoms with Crippen LogP contribution in [0, 0.1) is 13.8 Å². The monoisotopic (exact) mass is 220 g/mol. The summed E-state index contributed by atoms with van der Waals surface area (Å²) in [5.41, 5.74) is 4.30. The lowest BCUT2D eigenvalue weighted by atomic mass is 10.1. The number of benzene rings is 1. The molecule has 0 amide bonds. The molecule has 0 atom stereocenters. The number of halogens is 1. The van der Waals surface area contributed by atoms with Crippen LogP contribution in [-0.4, -0.2) is 9.55 Å². The Morgan fingerprint density at radius 1 is 1.20 bits per heavy atom. The van der Waals surface area contributed by atoms with E-state index in [1.54, 1.807) is 6.33 Å². The smallest absolute Gasteiger partial charge is 0.0951 e. The molecule has 3 heteroatoms. The Morgan fingerprint density at radius 2 is 1.80 bits per heavy atom. The minimum absolute atomic E-state index is 0.842. The van der Waals surface area contributed by atoms with Crippen molar-refractivity contribution in [1.82, 2.24) is 9.55 Å². The Bertz CT molecular complexity index is 477. The zero-order chi connectivity index (χ0) is 11.0. The SMILES string of the molecule is Cc1cc(-c2cn(C)cn2)cc(C)c1Cl. The number of aryl methyl sites for hydroxylation is 3. The minimum atomic E-state index is 0.842. The molecule has 0 aliphatic heterocycles. The molecule has 1 aromatic carbocycles. The average molecular weight is 221 g/mol. The molecule has 0 aliphatic carbocycles. The second-order valence-corrected chi connectivity index (χ2v) is 4.23. The molecular weight excluding hydrogens is 208 g/mol. The quantitative estimate of drug-likeness (QED) is 0.721. The third-order valence-electron chi connectivity index (χ3n) is 2.44. The van der Waals surface area contributed by atoms with Crippen molar-refractivity contribution in [2.75, 3.05) is 0 Å². The fourth-order valence-corrected chi connectivity index (χ4v) is 1.76. The summed E-state index contributed by atoms with van der Waals surface area (Å²) in [6.45, 7) is 4.03. The molecule has 0 saturated carbocycles. The molecule has 0 aliphatic rings. The van der Waals surface area contributed by atoms with E-state index >= 15 is 0 Å². The van der Waals surface area contributed by atoms with Crippen molar-refractivity contribution < 1.29 is 0 Å². The molecule has 0 spiro atoms. The van der Waals surface area contributed by atoms with Gasteiger partial charge in [-0.15, -0.1) is 0 Å². The fourth-order valence-electron chi connectivity index (χ4n) is 1.66. The molecular formula is C12H13ClN2. The van der Waals surface area contributed by atoms with Crippen LogP contribution >= 0.6 is 11.6 Å². The first kappa shape index (κ1) is 10.2. The van der Waals surface area contributed by atoms with Crippen LogP contribution in [0.25, 0.3) is 11.3 Å². The van der Waals surface area contributed by atoms with Crippen molar-refractivity contribution in [3.63, 3.8) is 0 Å². The molecule has 1 heterocycles. The molecule has 1 aromatic heterocycles. The van der Waals surface area contributed by atoms with Crippen molar-refractivity contribution in [1.29, 1.82) is 0 Å². The Labute approximate surface area is 94.5 Å². The highest BCUT2D eigenvalue weighted by Gasteiger charge is 2.06. The highest BCUT2D eigenvalue weighted by molar-refractivity contribution is 6.32. The molecule has 78 valence electrons. The summed E-state index contributed by atoms with van der Waals surface area (Å²) in [5, 5.41) is 0.842. The molecule has 0 radical (unpaired) electrons. The van der Waals surface area contributed by atoms with Gasteiger partial charge in [-0.3, -0.25) is 0 Å². The summed E-state index contributed by atoms with van der Waals surface area (Å²) >= 11 is 6.12. The van der Waals surface area contributed by atoms with Gasteiger partial charge in [-0.2, -0.15) is 0 Å². The van der Waals surface area contributed by atoms with E-state index in [0.717, 1.165) is 27.4 Å². The van der Waals surface area contributed by atoms with Gasteiger partial charge in [0.05, 0.1) is 12.0 Å². The van der Waals surface area contributed by atoms with Gasteiger partial charge in [0.15, 0.2) is 0 Å². The maximum absolute atomic E-state index is 6.12. The Balaban J connectivity index is 2.55. The first-order valence-electron chi connectivity index (χ1n) is 4.83. The largest absolute Gasteiger partial charge is 0.340 e. The zero-order valence-electron chi connectivity index (χ0n) is 9.08. The van der Waals surface area contributed by atoms with Crippen LogP contribution in [0.1, 0.15) is 11.1 Å². The number of hydrogen-bond acceptors (Lipinski definition) is 1. The summed E-state index contributed by atoms with van der Waals surface area (Å²) in [5.74, 6) is 0. The van der Waals surface area contributed by atoms with E-state index in [0.29, 0.717) is 0 Å². The molecule has 0 unspecified atom stereocenters. The van der Waals surface area contributed by atoms with Gasteiger partial charge in [0.2, 0.25) is 0 Å². The summed E-state index contributed by atoms with van der Waals surface area (Å²) < 4.78 is 1.94. The van der Waals surface area contributed by atoms with Crippen LogP contribution in [0.15, 0.2) is 24.7 Å². The number of imidazole rings is 1. The molecule has 2 nitrogen and oxygen atoms in total. The summed E-state index contributed by atoms with van der Waals surface area (Å²) in [7, 11) is 1.96. The van der Waals surface area contributed by atoms with Gasteiger partial charge in [0.25, 0.3) is 0 Å². The lowest BCUT2D eigenvalue weighted by Crippen LogP contribution is -1.85. The highest BCUT2D eigenvalue weighted by Crippen LogP contribution is 2.26. The van der Waals surface area contributed by atoms with Gasteiger partial charge in [-0.1, -0.05) is 11.6 Å². The standard InChI is InChI=1S/C12H13ClN2/c1-8-4-10(5-9(2)12(8)13)11-6-15(3)7-14-11/h4-7H,1-3H3. The van der Waals surface area contributed by atoms with Crippen LogP contribution in [-0.2, 0) is 7.05 Å². The summed E-state index contributed by atoms with van der Waals surface area (Å²) in [6.07, 6.45) is 3.80. The van der Waals surface area contributed by atoms with Crippen LogP contribution in [0.4, 0.5) is 0 Å². The van der Waals surface area contributed by atoms with Gasteiger partial charge in [0.1, 0.15) is 0 Å². The molecule has 15 heavy (non-hydrogen) atoms. The second-order valence-electron chi connectivity index (χ2n) is 3.85. The first-order valence-corrected chi connectivity index (χ1v) is 5.21. The van der Waals surface area contributed by atoms with E-state index in [4.69, 9.17) is 11.6 Å². The van der Waals surface area contributed by atoms with Crippen molar-refractivity contribution in [2.45, 2.75) is 13.8 Å². The van der Waals surface area contributed by atoms with Crippen molar-refractivity contribution in [3.8, 4) is 11.3 Å². The zero-order valence-corrected chi connectivity index (χ0v) is 9.84. The Morgan fingerprint density at radius 3 is 2.27 bits per heavy atom. The van der Waals surface area contributed by atoms with Gasteiger partial charge < -0.3 is 4.57 Å². The maximum Gasteiger partial charge on any atom is 0.0951 e. The van der Waals surface area contributed by atoms with Gasteiger partial charge in [-0.05, 0) is 37.1 Å². The predicted octanol–water partition coefficient (Wildman–Crippen LogP) is 3.36. The Kier molecular flexibility index (Phi) is 2.53. The van der Waals surface area contributed by atoms with E-state index in [-0.39, 0.29) is 0 Å². The normalized spacial score (nSPS) is 10.7. The number of aromatic nitrogens is 2. The average Bonchev–Trinajstić information content (AvgIpc) is 2.60. The van der Waals surface area contributed by atoms with E-state index in [1.807, 2.05) is 31.7 Å². The van der Waals surface area contributed by atoms with E-state index in [1.165, 1.54) is 0 Å². The first-order chi connectivity index (χ1) is 7.08. The molecule has 0 fully saturated rings. The molecule has 2 aromatic rings. The predicted molar refractivity (Wildman–Crippen MR) is 63.1 cm³/mol. The topological polar surface area (TPSA) is 17.8 Å². The minimum Gasteiger partial charge on any atom is -0.340 e. The number of rotatable bonds is 1. The van der Waals surface area contributed by atoms with Gasteiger partial charge in [0, 0.05) is 23.8 Å². The lowest BCUT2D eigenvalue weighted by molar-refractivity contribution is 0.913. The molecule has 0 bridgehead atoms. The van der Waals surface area contributed by atoms with E-state index in [9.17, 15) is 0 Å². The van der Waals surface area contributed by atoms with Crippen molar-refractivity contribution in [3.05, 3.63) is 40.8 Å². The maximum atomic E-state index is 6.12. The van der Waals surface area contributed by atoms with Gasteiger partial charge in [-0.25, -0.2) is 4.98 Å². The summed E-state index contributed by atoms with van der Waals surface area (Å²) in [6, 6.07) is 4.13. The lowest BCUT2D eigenvalue weighted by Gasteiger charge is -2.05. The van der Waals surface area contributed by atoms with E-state index < -0.39 is 0 Å². The van der Waals surface area contributed by atoms with Crippen LogP contribution < -0.4 is 0 Å². The fraction of sp³-hybridized carbons (Fsp3) is 0.250. The third kappa shape index (κ3) is 1.90. The summed E-state index contributed by atoms with van der Waals surface area (Å²) in [4.78, 5) is 4.32. The van der Waals surface area contributed by atoms with Crippen LogP contribution in [0.5, 0.6) is 0 Å². The third-order valence-corrected chi connectivity index (χ3v) is 3.03. The van der Waals surface area contributed by atoms with Gasteiger partial charge >= 0.3 is 0 Å². The highest BCUT2D eigenvalue weighted by atomic mass is 35.5. The Hall–Kier alpha value is -1.28. The number of nitrogens with zero attached hydrogens (tertiary/aromatic N) is 2. The molecule has 2 rings (SSSR count). The van der Waals surface area contributed by atoms with Crippen molar-refractivity contribution in [2.24, 2.45) is 7.05 Å². The van der Waals surface area contributed by atoms with Crippen molar-refractivity contribution >= 4 is 11.6 Å². The number of hydrogen-bond donors (Lipinski definition) is 0.